The Morgan fingerprint density at radius 2 is 2.18 bits per heavy atom. The van der Waals surface area contributed by atoms with Gasteiger partial charge >= 0.3 is 0 Å². The molecule has 2 rings (SSSR count). The van der Waals surface area contributed by atoms with Crippen LogP contribution in [0.2, 0.25) is 0 Å². The van der Waals surface area contributed by atoms with Crippen LogP contribution in [-0.2, 0) is 6.42 Å². The Labute approximate surface area is 170 Å². The summed E-state index contributed by atoms with van der Waals surface area (Å²) in [5, 5.41) is 9.42. The highest BCUT2D eigenvalue weighted by Gasteiger charge is 2.20. The molecule has 6 heteroatoms. The van der Waals surface area contributed by atoms with E-state index in [0.717, 1.165) is 43.5 Å². The van der Waals surface area contributed by atoms with Crippen LogP contribution >= 0.6 is 0 Å². The Balaban J connectivity index is 1.85. The topological polar surface area (TPSA) is 68.8 Å². The number of hydrogen-bond donors (Lipinski definition) is 3. The van der Waals surface area contributed by atoms with E-state index in [-0.39, 0.29) is 5.91 Å². The van der Waals surface area contributed by atoms with E-state index in [1.807, 2.05) is 18.2 Å². The summed E-state index contributed by atoms with van der Waals surface area (Å²) in [4.78, 5) is 19.1. The zero-order valence-electron chi connectivity index (χ0n) is 17.9. The first-order chi connectivity index (χ1) is 13.5. The van der Waals surface area contributed by atoms with Gasteiger partial charge in [-0.3, -0.25) is 14.7 Å². The molecule has 0 spiro atoms. The fourth-order valence-electron chi connectivity index (χ4n) is 3.64. The van der Waals surface area contributed by atoms with Crippen molar-refractivity contribution < 1.29 is 4.79 Å². The fourth-order valence-corrected chi connectivity index (χ4v) is 3.64. The molecule has 1 amide bonds. The van der Waals surface area contributed by atoms with Crippen LogP contribution < -0.4 is 16.0 Å². The van der Waals surface area contributed by atoms with Crippen molar-refractivity contribution in [1.82, 2.24) is 20.9 Å². The lowest BCUT2D eigenvalue weighted by Gasteiger charge is -2.35. The third-order valence-electron chi connectivity index (χ3n) is 5.29. The van der Waals surface area contributed by atoms with Gasteiger partial charge in [0.15, 0.2) is 5.96 Å². The molecule has 0 bridgehead atoms. The van der Waals surface area contributed by atoms with E-state index < -0.39 is 0 Å². The maximum absolute atomic E-state index is 11.8. The molecule has 1 aliphatic rings. The second kappa shape index (κ2) is 11.7. The molecule has 1 fully saturated rings. The summed E-state index contributed by atoms with van der Waals surface area (Å²) in [7, 11) is 1.65. The van der Waals surface area contributed by atoms with Crippen molar-refractivity contribution in [2.75, 3.05) is 39.8 Å². The first kappa shape index (κ1) is 22.2. The predicted octanol–water partition coefficient (Wildman–Crippen LogP) is 2.26. The van der Waals surface area contributed by atoms with E-state index in [1.165, 1.54) is 25.9 Å². The van der Waals surface area contributed by atoms with Crippen LogP contribution in [0.4, 0.5) is 0 Å². The number of guanidine groups is 1. The smallest absolute Gasteiger partial charge is 0.251 e. The summed E-state index contributed by atoms with van der Waals surface area (Å²) in [6.07, 6.45) is 3.48. The van der Waals surface area contributed by atoms with E-state index in [1.54, 1.807) is 7.05 Å². The number of amides is 1. The number of likely N-dealkylation sites (tertiary alicyclic amines) is 1. The third-order valence-corrected chi connectivity index (χ3v) is 5.29. The Hall–Kier alpha value is -2.08. The highest BCUT2D eigenvalue weighted by atomic mass is 16.1. The summed E-state index contributed by atoms with van der Waals surface area (Å²) in [5.41, 5.74) is 1.84. The first-order valence-corrected chi connectivity index (χ1v) is 10.6. The number of carbonyl (C=O) groups excluding carboxylic acids is 1. The van der Waals surface area contributed by atoms with Crippen LogP contribution in [0.25, 0.3) is 0 Å². The van der Waals surface area contributed by atoms with Gasteiger partial charge in [0.1, 0.15) is 0 Å². The standard InChI is InChI=1S/C22H37N5O/c1-5-24-22(26-15-18(3)27-13-7-8-17(2)16-27)25-12-11-19-9-6-10-20(14-19)21(28)23-4/h6,9-10,14,17-18H,5,7-8,11-13,15-16H2,1-4H3,(H,23,28)(H2,24,25,26). The van der Waals surface area contributed by atoms with Gasteiger partial charge in [-0.25, -0.2) is 0 Å². The Morgan fingerprint density at radius 1 is 1.36 bits per heavy atom. The molecule has 1 heterocycles. The Bertz CT molecular complexity index is 646. The minimum absolute atomic E-state index is 0.0503. The highest BCUT2D eigenvalue weighted by Crippen LogP contribution is 2.17. The van der Waals surface area contributed by atoms with Crippen molar-refractivity contribution in [3.8, 4) is 0 Å². The zero-order chi connectivity index (χ0) is 20.4. The number of rotatable bonds is 8. The Kier molecular flexibility index (Phi) is 9.28. The molecule has 2 unspecified atom stereocenters. The van der Waals surface area contributed by atoms with Gasteiger partial charge in [0, 0.05) is 38.3 Å². The Morgan fingerprint density at radius 3 is 2.89 bits per heavy atom. The lowest BCUT2D eigenvalue weighted by atomic mass is 9.99. The number of benzene rings is 1. The van der Waals surface area contributed by atoms with Crippen LogP contribution in [0, 0.1) is 5.92 Å². The molecule has 1 aromatic rings. The zero-order valence-corrected chi connectivity index (χ0v) is 17.9. The molecule has 1 saturated heterocycles. The molecule has 6 nitrogen and oxygen atoms in total. The van der Waals surface area contributed by atoms with Gasteiger partial charge in [-0.2, -0.15) is 0 Å². The summed E-state index contributed by atoms with van der Waals surface area (Å²) in [6.45, 7) is 11.5. The summed E-state index contributed by atoms with van der Waals surface area (Å²) >= 11 is 0. The molecule has 156 valence electrons. The summed E-state index contributed by atoms with van der Waals surface area (Å²) in [5.74, 6) is 1.60. The summed E-state index contributed by atoms with van der Waals surface area (Å²) in [6, 6.07) is 8.23. The normalized spacial score (nSPS) is 19.1. The lowest BCUT2D eigenvalue weighted by molar-refractivity contribution is 0.0963. The molecule has 2 atom stereocenters. The van der Waals surface area contributed by atoms with E-state index >= 15 is 0 Å². The predicted molar refractivity (Wildman–Crippen MR) is 117 cm³/mol. The van der Waals surface area contributed by atoms with Crippen molar-refractivity contribution in [3.63, 3.8) is 0 Å². The number of nitrogens with one attached hydrogen (secondary N) is 3. The first-order valence-electron chi connectivity index (χ1n) is 10.6. The number of carbonyl (C=O) groups is 1. The minimum Gasteiger partial charge on any atom is -0.357 e. The summed E-state index contributed by atoms with van der Waals surface area (Å²) < 4.78 is 0. The quantitative estimate of drug-likeness (QED) is 0.473. The van der Waals surface area contributed by atoms with E-state index in [9.17, 15) is 4.79 Å². The highest BCUT2D eigenvalue weighted by molar-refractivity contribution is 5.94. The van der Waals surface area contributed by atoms with E-state index in [2.05, 4.69) is 47.7 Å². The molecule has 28 heavy (non-hydrogen) atoms. The van der Waals surface area contributed by atoms with Crippen LogP contribution in [0.3, 0.4) is 0 Å². The average Bonchev–Trinajstić information content (AvgIpc) is 2.71. The van der Waals surface area contributed by atoms with E-state index in [0.29, 0.717) is 11.6 Å². The minimum atomic E-state index is -0.0503. The van der Waals surface area contributed by atoms with Crippen LogP contribution in [0.1, 0.15) is 49.5 Å². The lowest BCUT2D eigenvalue weighted by Crippen LogP contribution is -2.43. The second-order valence-electron chi connectivity index (χ2n) is 7.77. The SMILES string of the molecule is CCNC(=NCC(C)N1CCCC(C)C1)NCCc1cccc(C(=O)NC)c1. The van der Waals surface area contributed by atoms with Crippen LogP contribution in [-0.4, -0.2) is 62.6 Å². The fraction of sp³-hybridized carbons (Fsp3) is 0.636. The average molecular weight is 388 g/mol. The molecule has 3 N–H and O–H groups in total. The van der Waals surface area contributed by atoms with Crippen molar-refractivity contribution in [3.05, 3.63) is 35.4 Å². The monoisotopic (exact) mass is 387 g/mol. The largest absolute Gasteiger partial charge is 0.357 e. The van der Waals surface area contributed by atoms with Crippen LogP contribution in [0.15, 0.2) is 29.3 Å². The van der Waals surface area contributed by atoms with Crippen molar-refractivity contribution in [2.45, 2.75) is 46.1 Å². The second-order valence-corrected chi connectivity index (χ2v) is 7.77. The molecular formula is C22H37N5O. The molecule has 0 saturated carbocycles. The van der Waals surface area contributed by atoms with Gasteiger partial charge < -0.3 is 16.0 Å². The number of hydrogen-bond acceptors (Lipinski definition) is 3. The van der Waals surface area contributed by atoms with Gasteiger partial charge in [0.05, 0.1) is 6.54 Å². The maximum atomic E-state index is 11.8. The van der Waals surface area contributed by atoms with Gasteiger partial charge in [-0.05, 0) is 63.3 Å². The van der Waals surface area contributed by atoms with Gasteiger partial charge in [-0.15, -0.1) is 0 Å². The molecule has 0 aromatic heterocycles. The van der Waals surface area contributed by atoms with E-state index in [4.69, 9.17) is 4.99 Å². The molecule has 1 aromatic carbocycles. The number of aliphatic imine (C=N–C) groups is 1. The van der Waals surface area contributed by atoms with Crippen molar-refractivity contribution >= 4 is 11.9 Å². The molecule has 1 aliphatic heterocycles. The van der Waals surface area contributed by atoms with Gasteiger partial charge in [-0.1, -0.05) is 19.1 Å². The van der Waals surface area contributed by atoms with Crippen molar-refractivity contribution in [1.29, 1.82) is 0 Å². The van der Waals surface area contributed by atoms with Crippen LogP contribution in [0.5, 0.6) is 0 Å². The van der Waals surface area contributed by atoms with Crippen molar-refractivity contribution in [2.24, 2.45) is 10.9 Å². The van der Waals surface area contributed by atoms with Gasteiger partial charge in [0.25, 0.3) is 5.91 Å². The third kappa shape index (κ3) is 7.15. The number of piperidine rings is 1. The molecule has 0 aliphatic carbocycles. The molecule has 0 radical (unpaired) electrons. The number of nitrogens with zero attached hydrogens (tertiary/aromatic N) is 2. The molecular weight excluding hydrogens is 350 g/mol. The van der Waals surface area contributed by atoms with Gasteiger partial charge in [0.2, 0.25) is 0 Å². The maximum Gasteiger partial charge on any atom is 0.251 e.